The third kappa shape index (κ3) is 4.75. The van der Waals surface area contributed by atoms with Gasteiger partial charge in [-0.3, -0.25) is 9.69 Å². The van der Waals surface area contributed by atoms with Gasteiger partial charge in [-0.1, -0.05) is 41.4 Å². The molecule has 1 saturated heterocycles. The highest BCUT2D eigenvalue weighted by molar-refractivity contribution is 6.31. The Morgan fingerprint density at radius 3 is 2.84 bits per heavy atom. The largest absolute Gasteiger partial charge is 0.326 e. The maximum absolute atomic E-state index is 12.7. The molecule has 1 unspecified atom stereocenters. The van der Waals surface area contributed by atoms with Crippen molar-refractivity contribution >= 4 is 34.8 Å². The van der Waals surface area contributed by atoms with E-state index in [1.165, 1.54) is 5.56 Å². The molecule has 5 heteroatoms. The Hall–Kier alpha value is -1.55. The van der Waals surface area contributed by atoms with Crippen molar-refractivity contribution in [1.82, 2.24) is 4.90 Å². The second kappa shape index (κ2) is 8.22. The van der Waals surface area contributed by atoms with Crippen molar-refractivity contribution in [3.8, 4) is 0 Å². The van der Waals surface area contributed by atoms with Crippen LogP contribution in [0.2, 0.25) is 10.0 Å². The number of hydrogen-bond acceptors (Lipinski definition) is 2. The zero-order valence-corrected chi connectivity index (χ0v) is 15.8. The maximum Gasteiger partial charge on any atom is 0.228 e. The van der Waals surface area contributed by atoms with Crippen LogP contribution in [0.15, 0.2) is 42.5 Å². The summed E-state index contributed by atoms with van der Waals surface area (Å²) in [6.45, 7) is 4.51. The molecular weight excluding hydrogens is 355 g/mol. The summed E-state index contributed by atoms with van der Waals surface area (Å²) in [5, 5.41) is 4.46. The van der Waals surface area contributed by atoms with E-state index in [0.717, 1.165) is 48.7 Å². The molecule has 0 spiro atoms. The van der Waals surface area contributed by atoms with Crippen LogP contribution in [-0.4, -0.2) is 23.9 Å². The molecule has 0 radical (unpaired) electrons. The minimum absolute atomic E-state index is 0.00804. The standard InChI is InChI=1S/C20H22Cl2N2O/c1-14-18(22)8-3-9-19(14)23-20(25)16-6-4-10-24(13-16)12-15-5-2-7-17(21)11-15/h2-3,5,7-9,11,16H,4,6,10,12-13H2,1H3,(H,23,25). The average molecular weight is 377 g/mol. The van der Waals surface area contributed by atoms with Gasteiger partial charge in [0, 0.05) is 28.8 Å². The predicted molar refractivity (Wildman–Crippen MR) is 104 cm³/mol. The predicted octanol–water partition coefficient (Wildman–Crippen LogP) is 5.15. The van der Waals surface area contributed by atoms with E-state index in [4.69, 9.17) is 23.2 Å². The first-order chi connectivity index (χ1) is 12.0. The summed E-state index contributed by atoms with van der Waals surface area (Å²) < 4.78 is 0. The van der Waals surface area contributed by atoms with Gasteiger partial charge < -0.3 is 5.32 Å². The second-order valence-electron chi connectivity index (χ2n) is 6.61. The van der Waals surface area contributed by atoms with E-state index in [1.54, 1.807) is 0 Å². The zero-order chi connectivity index (χ0) is 17.8. The molecule has 132 valence electrons. The van der Waals surface area contributed by atoms with Gasteiger partial charge in [0.15, 0.2) is 0 Å². The fourth-order valence-corrected chi connectivity index (χ4v) is 3.67. The van der Waals surface area contributed by atoms with Crippen LogP contribution < -0.4 is 5.32 Å². The Balaban J connectivity index is 1.62. The summed E-state index contributed by atoms with van der Waals surface area (Å²) in [5.41, 5.74) is 2.88. The van der Waals surface area contributed by atoms with Gasteiger partial charge in [0.25, 0.3) is 0 Å². The van der Waals surface area contributed by atoms with Crippen LogP contribution in [0.4, 0.5) is 5.69 Å². The molecule has 1 amide bonds. The summed E-state index contributed by atoms with van der Waals surface area (Å²) >= 11 is 12.2. The molecule has 0 aliphatic carbocycles. The minimum atomic E-state index is -0.00804. The molecule has 1 fully saturated rings. The quantitative estimate of drug-likeness (QED) is 0.799. The summed E-state index contributed by atoms with van der Waals surface area (Å²) in [6, 6.07) is 13.5. The van der Waals surface area contributed by atoms with Crippen molar-refractivity contribution in [2.24, 2.45) is 5.92 Å². The van der Waals surface area contributed by atoms with Gasteiger partial charge in [0.05, 0.1) is 5.92 Å². The molecule has 2 aromatic rings. The number of piperidine rings is 1. The smallest absolute Gasteiger partial charge is 0.228 e. The molecule has 1 atom stereocenters. The number of carbonyl (C=O) groups excluding carboxylic acids is 1. The summed E-state index contributed by atoms with van der Waals surface area (Å²) in [7, 11) is 0. The molecule has 3 nitrogen and oxygen atoms in total. The van der Waals surface area contributed by atoms with Crippen molar-refractivity contribution in [2.45, 2.75) is 26.3 Å². The number of benzene rings is 2. The van der Waals surface area contributed by atoms with Crippen LogP contribution in [0.25, 0.3) is 0 Å². The highest BCUT2D eigenvalue weighted by atomic mass is 35.5. The topological polar surface area (TPSA) is 32.3 Å². The number of rotatable bonds is 4. The van der Waals surface area contributed by atoms with E-state index in [-0.39, 0.29) is 11.8 Å². The van der Waals surface area contributed by atoms with E-state index < -0.39 is 0 Å². The van der Waals surface area contributed by atoms with Gasteiger partial charge >= 0.3 is 0 Å². The molecule has 0 aromatic heterocycles. The fourth-order valence-electron chi connectivity index (χ4n) is 3.28. The Labute approximate surface area is 158 Å². The Morgan fingerprint density at radius 1 is 1.24 bits per heavy atom. The van der Waals surface area contributed by atoms with E-state index >= 15 is 0 Å². The average Bonchev–Trinajstić information content (AvgIpc) is 2.59. The molecule has 3 rings (SSSR count). The Kier molecular flexibility index (Phi) is 6.00. The van der Waals surface area contributed by atoms with Crippen LogP contribution >= 0.6 is 23.2 Å². The van der Waals surface area contributed by atoms with Crippen LogP contribution in [0, 0.1) is 12.8 Å². The monoisotopic (exact) mass is 376 g/mol. The third-order valence-electron chi connectivity index (χ3n) is 4.70. The lowest BCUT2D eigenvalue weighted by atomic mass is 9.96. The highest BCUT2D eigenvalue weighted by Crippen LogP contribution is 2.25. The molecule has 0 bridgehead atoms. The fraction of sp³-hybridized carbons (Fsp3) is 0.350. The van der Waals surface area contributed by atoms with Gasteiger partial charge in [-0.25, -0.2) is 0 Å². The lowest BCUT2D eigenvalue weighted by molar-refractivity contribution is -0.121. The highest BCUT2D eigenvalue weighted by Gasteiger charge is 2.26. The number of anilines is 1. The number of hydrogen-bond donors (Lipinski definition) is 1. The molecular formula is C20H22Cl2N2O. The Morgan fingerprint density at radius 2 is 2.04 bits per heavy atom. The number of amides is 1. The van der Waals surface area contributed by atoms with Gasteiger partial charge in [-0.05, 0) is 61.7 Å². The van der Waals surface area contributed by atoms with Crippen molar-refractivity contribution in [1.29, 1.82) is 0 Å². The maximum atomic E-state index is 12.7. The lowest BCUT2D eigenvalue weighted by Gasteiger charge is -2.32. The van der Waals surface area contributed by atoms with Crippen molar-refractivity contribution in [3.05, 3.63) is 63.6 Å². The van der Waals surface area contributed by atoms with E-state index in [9.17, 15) is 4.79 Å². The summed E-state index contributed by atoms with van der Waals surface area (Å²) in [6.07, 6.45) is 1.94. The number of likely N-dealkylation sites (tertiary alicyclic amines) is 1. The van der Waals surface area contributed by atoms with Crippen molar-refractivity contribution in [2.75, 3.05) is 18.4 Å². The first-order valence-corrected chi connectivity index (χ1v) is 9.31. The molecule has 1 N–H and O–H groups in total. The molecule has 1 aliphatic heterocycles. The lowest BCUT2D eigenvalue weighted by Crippen LogP contribution is -2.40. The van der Waals surface area contributed by atoms with Crippen LogP contribution in [0.3, 0.4) is 0 Å². The zero-order valence-electron chi connectivity index (χ0n) is 14.3. The number of halogens is 2. The second-order valence-corrected chi connectivity index (χ2v) is 7.45. The molecule has 1 heterocycles. The van der Waals surface area contributed by atoms with Gasteiger partial charge in [-0.15, -0.1) is 0 Å². The normalized spacial score (nSPS) is 18.1. The van der Waals surface area contributed by atoms with Gasteiger partial charge in [-0.2, -0.15) is 0 Å². The summed E-state index contributed by atoms with van der Waals surface area (Å²) in [5.74, 6) is 0.0625. The number of carbonyl (C=O) groups is 1. The first-order valence-electron chi connectivity index (χ1n) is 8.55. The Bertz CT molecular complexity index is 763. The van der Waals surface area contributed by atoms with Crippen LogP contribution in [-0.2, 0) is 11.3 Å². The third-order valence-corrected chi connectivity index (χ3v) is 5.34. The van der Waals surface area contributed by atoms with Crippen LogP contribution in [0.5, 0.6) is 0 Å². The van der Waals surface area contributed by atoms with Crippen LogP contribution in [0.1, 0.15) is 24.0 Å². The molecule has 25 heavy (non-hydrogen) atoms. The molecule has 0 saturated carbocycles. The van der Waals surface area contributed by atoms with Gasteiger partial charge in [0.2, 0.25) is 5.91 Å². The van der Waals surface area contributed by atoms with Gasteiger partial charge in [0.1, 0.15) is 0 Å². The van der Waals surface area contributed by atoms with Crippen molar-refractivity contribution < 1.29 is 4.79 Å². The minimum Gasteiger partial charge on any atom is -0.326 e. The number of nitrogens with one attached hydrogen (secondary N) is 1. The van der Waals surface area contributed by atoms with E-state index in [2.05, 4.69) is 16.3 Å². The number of nitrogens with zero attached hydrogens (tertiary/aromatic N) is 1. The summed E-state index contributed by atoms with van der Waals surface area (Å²) in [4.78, 5) is 15.0. The first kappa shape index (κ1) is 18.2. The molecule has 2 aromatic carbocycles. The molecule has 1 aliphatic rings. The van der Waals surface area contributed by atoms with Crippen molar-refractivity contribution in [3.63, 3.8) is 0 Å². The van der Waals surface area contributed by atoms with E-state index in [1.807, 2.05) is 43.3 Å². The van der Waals surface area contributed by atoms with E-state index in [0.29, 0.717) is 5.02 Å². The SMILES string of the molecule is Cc1c(Cl)cccc1NC(=O)C1CCCN(Cc2cccc(Cl)c2)C1.